The summed E-state index contributed by atoms with van der Waals surface area (Å²) >= 11 is 1.67. The van der Waals surface area contributed by atoms with E-state index in [4.69, 9.17) is 4.74 Å². The van der Waals surface area contributed by atoms with Crippen LogP contribution in [0.3, 0.4) is 0 Å². The van der Waals surface area contributed by atoms with E-state index >= 15 is 4.39 Å². The lowest BCUT2D eigenvalue weighted by Gasteiger charge is -2.49. The van der Waals surface area contributed by atoms with Gasteiger partial charge in [0.2, 0.25) is 0 Å². The summed E-state index contributed by atoms with van der Waals surface area (Å²) in [5, 5.41) is 15.1. The Morgan fingerprint density at radius 1 is 1.09 bits per heavy atom. The maximum absolute atomic E-state index is 15.3. The van der Waals surface area contributed by atoms with Crippen molar-refractivity contribution in [1.82, 2.24) is 14.9 Å². The average molecular weight is 464 g/mol. The van der Waals surface area contributed by atoms with Gasteiger partial charge in [-0.05, 0) is 30.2 Å². The minimum atomic E-state index is -0.256. The molecule has 4 heterocycles. The highest BCUT2D eigenvalue weighted by Crippen LogP contribution is 2.48. The molecule has 0 radical (unpaired) electrons. The molecule has 2 aromatic carbocycles. The van der Waals surface area contributed by atoms with Crippen LogP contribution in [0, 0.1) is 5.82 Å². The third-order valence-electron chi connectivity index (χ3n) is 6.69. The van der Waals surface area contributed by atoms with Gasteiger partial charge in [0, 0.05) is 47.5 Å². The van der Waals surface area contributed by atoms with Crippen LogP contribution in [0.5, 0.6) is 5.75 Å². The quantitative estimate of drug-likeness (QED) is 0.532. The number of halogens is 1. The van der Waals surface area contributed by atoms with E-state index in [2.05, 4.69) is 33.1 Å². The molecule has 1 N–H and O–H groups in total. The zero-order valence-electron chi connectivity index (χ0n) is 18.3. The van der Waals surface area contributed by atoms with Gasteiger partial charge in [-0.2, -0.15) is 5.01 Å². The Morgan fingerprint density at radius 2 is 2.00 bits per heavy atom. The van der Waals surface area contributed by atoms with Crippen LogP contribution in [-0.2, 0) is 5.75 Å². The Kier molecular flexibility index (Phi) is 5.40. The van der Waals surface area contributed by atoms with Crippen molar-refractivity contribution >= 4 is 11.8 Å². The molecule has 0 aliphatic carbocycles. The second-order valence-corrected chi connectivity index (χ2v) is 9.72. The summed E-state index contributed by atoms with van der Waals surface area (Å²) in [5.74, 6) is 1.45. The fourth-order valence-corrected chi connectivity index (χ4v) is 6.24. The van der Waals surface area contributed by atoms with Crippen molar-refractivity contribution < 1.29 is 14.2 Å². The van der Waals surface area contributed by atoms with Gasteiger partial charge in [-0.3, -0.25) is 9.91 Å². The highest BCUT2D eigenvalue weighted by molar-refractivity contribution is 7.98. The lowest BCUT2D eigenvalue weighted by molar-refractivity contribution is -0.0700. The number of aliphatic hydroxyl groups excluding tert-OH is 1. The molecule has 3 unspecified atom stereocenters. The molecule has 7 heteroatoms. The van der Waals surface area contributed by atoms with Crippen molar-refractivity contribution in [3.63, 3.8) is 0 Å². The van der Waals surface area contributed by atoms with E-state index < -0.39 is 0 Å². The molecule has 4 aliphatic heterocycles. The van der Waals surface area contributed by atoms with Crippen LogP contribution < -0.4 is 4.74 Å². The number of allylic oxidation sites excluding steroid dienone is 1. The number of aliphatic hydroxyl groups is 1. The number of fused-ring (bicyclic) bond motifs is 7. The molecule has 170 valence electrons. The van der Waals surface area contributed by atoms with Gasteiger partial charge < -0.3 is 9.84 Å². The second-order valence-electron chi connectivity index (χ2n) is 8.70. The van der Waals surface area contributed by atoms with Crippen LogP contribution in [0.1, 0.15) is 35.6 Å². The van der Waals surface area contributed by atoms with Crippen LogP contribution in [0.2, 0.25) is 0 Å². The average Bonchev–Trinajstić information content (AvgIpc) is 3.00. The molecular weight excluding hydrogens is 437 g/mol. The number of benzene rings is 2. The van der Waals surface area contributed by atoms with E-state index in [-0.39, 0.29) is 11.9 Å². The molecule has 0 spiro atoms. The van der Waals surface area contributed by atoms with Gasteiger partial charge in [0.15, 0.2) is 0 Å². The van der Waals surface area contributed by atoms with Crippen molar-refractivity contribution in [2.24, 2.45) is 0 Å². The van der Waals surface area contributed by atoms with Gasteiger partial charge >= 0.3 is 0 Å². The van der Waals surface area contributed by atoms with Crippen LogP contribution in [0.15, 0.2) is 77.2 Å². The molecule has 1 saturated heterocycles. The number of hydrogen-bond donors (Lipinski definition) is 1. The van der Waals surface area contributed by atoms with Gasteiger partial charge in [-0.15, -0.1) is 11.8 Å². The number of hydrogen-bond acceptors (Lipinski definition) is 6. The summed E-state index contributed by atoms with van der Waals surface area (Å²) in [6.07, 6.45) is 9.63. The molecule has 2 bridgehead atoms. The summed E-state index contributed by atoms with van der Waals surface area (Å²) in [6, 6.07) is 11.4. The molecule has 1 fully saturated rings. The highest BCUT2D eigenvalue weighted by Gasteiger charge is 2.40. The molecule has 0 saturated carbocycles. The van der Waals surface area contributed by atoms with Crippen LogP contribution >= 0.6 is 11.8 Å². The smallest absolute Gasteiger partial charge is 0.127 e. The predicted molar refractivity (Wildman–Crippen MR) is 127 cm³/mol. The van der Waals surface area contributed by atoms with E-state index in [0.717, 1.165) is 34.7 Å². The summed E-state index contributed by atoms with van der Waals surface area (Å²) in [7, 11) is 0. The zero-order valence-corrected chi connectivity index (χ0v) is 19.1. The summed E-state index contributed by atoms with van der Waals surface area (Å²) in [6.45, 7) is 2.67. The minimum absolute atomic E-state index is 0.202. The summed E-state index contributed by atoms with van der Waals surface area (Å²) in [4.78, 5) is 3.50. The van der Waals surface area contributed by atoms with E-state index in [1.165, 1.54) is 6.07 Å². The largest absolute Gasteiger partial charge is 0.510 e. The van der Waals surface area contributed by atoms with Gasteiger partial charge in [-0.25, -0.2) is 4.39 Å². The first kappa shape index (κ1) is 20.8. The third-order valence-corrected chi connectivity index (χ3v) is 7.81. The van der Waals surface area contributed by atoms with E-state index in [1.54, 1.807) is 17.8 Å². The van der Waals surface area contributed by atoms with Gasteiger partial charge in [0.05, 0.1) is 18.4 Å². The van der Waals surface area contributed by atoms with Crippen molar-refractivity contribution in [2.75, 3.05) is 26.4 Å². The van der Waals surface area contributed by atoms with Crippen LogP contribution in [0.25, 0.3) is 0 Å². The Labute approximate surface area is 197 Å². The normalized spacial score (nSPS) is 26.2. The van der Waals surface area contributed by atoms with Gasteiger partial charge in [-0.1, -0.05) is 36.4 Å². The molecule has 0 aromatic heterocycles. The Bertz CT molecular complexity index is 1180. The lowest BCUT2D eigenvalue weighted by atomic mass is 9.92. The monoisotopic (exact) mass is 463 g/mol. The van der Waals surface area contributed by atoms with Crippen molar-refractivity contribution in [2.45, 2.75) is 29.5 Å². The first-order valence-corrected chi connectivity index (χ1v) is 12.4. The Morgan fingerprint density at radius 3 is 2.94 bits per heavy atom. The van der Waals surface area contributed by atoms with Gasteiger partial charge in [0.25, 0.3) is 0 Å². The number of ether oxygens (including phenoxy) is 1. The zero-order chi connectivity index (χ0) is 22.4. The Balaban J connectivity index is 1.61. The number of rotatable bonds is 0. The number of thioether (sulfide) groups is 1. The van der Waals surface area contributed by atoms with Crippen LogP contribution in [0.4, 0.5) is 4.39 Å². The number of nitrogens with zero attached hydrogens (tertiary/aromatic N) is 3. The first-order chi connectivity index (χ1) is 16.2. The summed E-state index contributed by atoms with van der Waals surface area (Å²) < 4.78 is 21.5. The van der Waals surface area contributed by atoms with Crippen molar-refractivity contribution in [1.29, 1.82) is 0 Å². The maximum atomic E-state index is 15.3. The predicted octanol–water partition coefficient (Wildman–Crippen LogP) is 5.34. The van der Waals surface area contributed by atoms with E-state index in [9.17, 15) is 5.11 Å². The molecule has 0 amide bonds. The SMILES string of the molecule is OC1=C2CN3CCC=CCOc4ccc(F)c5c4C(c4ccccc4SC5)N(C3)N2C=CC1. The van der Waals surface area contributed by atoms with E-state index in [1.807, 2.05) is 30.5 Å². The van der Waals surface area contributed by atoms with Crippen molar-refractivity contribution in [3.8, 4) is 5.75 Å². The fraction of sp³-hybridized carbons (Fsp3) is 0.308. The standard InChI is InChI=1S/C26H26FN3O2S/c27-20-10-11-23-25-19(20)16-33-24-9-3-2-7-18(24)26(25)30-17-28(12-4-1-5-14-32-23)15-21-22(31)8-6-13-29(21)30/h1-3,5-7,9-11,13,26,31H,4,8,12,14-17H2. The molecule has 2 aromatic rings. The lowest BCUT2D eigenvalue weighted by Crippen LogP contribution is -2.55. The fourth-order valence-electron chi connectivity index (χ4n) is 5.12. The number of hydrazine groups is 1. The van der Waals surface area contributed by atoms with Crippen molar-refractivity contribution in [3.05, 3.63) is 94.8 Å². The molecule has 6 rings (SSSR count). The third kappa shape index (κ3) is 3.64. The molecular formula is C26H26FN3O2S. The second kappa shape index (κ2) is 8.56. The van der Waals surface area contributed by atoms with Gasteiger partial charge in [0.1, 0.15) is 23.9 Å². The Hall–Kier alpha value is -2.74. The first-order valence-electron chi connectivity index (χ1n) is 11.4. The molecule has 5 nitrogen and oxygen atoms in total. The maximum Gasteiger partial charge on any atom is 0.127 e. The molecule has 4 aliphatic rings. The molecule has 33 heavy (non-hydrogen) atoms. The highest BCUT2D eigenvalue weighted by atomic mass is 32.2. The minimum Gasteiger partial charge on any atom is -0.510 e. The topological polar surface area (TPSA) is 39.2 Å². The van der Waals surface area contributed by atoms with E-state index in [0.29, 0.717) is 49.1 Å². The summed E-state index contributed by atoms with van der Waals surface area (Å²) in [5.41, 5.74) is 3.58. The molecule has 3 atom stereocenters. The van der Waals surface area contributed by atoms with Crippen LogP contribution in [-0.4, -0.2) is 46.4 Å².